The maximum atomic E-state index is 12.9. The van der Waals surface area contributed by atoms with Crippen molar-refractivity contribution in [2.45, 2.75) is 30.9 Å². The molecule has 3 rings (SSSR count). The quantitative estimate of drug-likeness (QED) is 0.891. The Labute approximate surface area is 131 Å². The van der Waals surface area contributed by atoms with Crippen molar-refractivity contribution < 1.29 is 13.2 Å². The molecule has 0 radical (unpaired) electrons. The van der Waals surface area contributed by atoms with Crippen LogP contribution in [-0.2, 0) is 11.6 Å². The summed E-state index contributed by atoms with van der Waals surface area (Å²) in [4.78, 5) is 4.31. The minimum Gasteiger partial charge on any atom is -0.356 e. The predicted molar refractivity (Wildman–Crippen MR) is 80.3 cm³/mol. The van der Waals surface area contributed by atoms with Gasteiger partial charge in [-0.3, -0.25) is 4.99 Å². The van der Waals surface area contributed by atoms with Gasteiger partial charge in [0.1, 0.15) is 0 Å². The van der Waals surface area contributed by atoms with Gasteiger partial charge in [-0.25, -0.2) is 0 Å². The fourth-order valence-electron chi connectivity index (χ4n) is 2.70. The lowest BCUT2D eigenvalue weighted by Gasteiger charge is -2.22. The van der Waals surface area contributed by atoms with Crippen LogP contribution in [0.3, 0.4) is 0 Å². The van der Waals surface area contributed by atoms with E-state index in [1.165, 1.54) is 12.1 Å². The molecule has 1 aliphatic heterocycles. The third-order valence-corrected chi connectivity index (χ3v) is 4.54. The van der Waals surface area contributed by atoms with Crippen LogP contribution >= 0.6 is 11.6 Å². The van der Waals surface area contributed by atoms with Crippen LogP contribution in [0, 0.1) is 0 Å². The molecule has 3 nitrogen and oxygen atoms in total. The first-order valence-corrected chi connectivity index (χ1v) is 7.68. The zero-order valence-corrected chi connectivity index (χ0v) is 12.7. The Morgan fingerprint density at radius 1 is 1.32 bits per heavy atom. The fourth-order valence-corrected chi connectivity index (χ4v) is 3.02. The number of hydrogen-bond donors (Lipinski definition) is 2. The van der Waals surface area contributed by atoms with E-state index in [4.69, 9.17) is 11.6 Å². The van der Waals surface area contributed by atoms with Crippen LogP contribution in [-0.4, -0.2) is 25.6 Å². The van der Waals surface area contributed by atoms with E-state index in [9.17, 15) is 13.2 Å². The second-order valence-electron chi connectivity index (χ2n) is 5.84. The van der Waals surface area contributed by atoms with Crippen molar-refractivity contribution in [3.63, 3.8) is 0 Å². The number of hydrogen-bond acceptors (Lipinski definition) is 3. The summed E-state index contributed by atoms with van der Waals surface area (Å²) in [6, 6.07) is 3.56. The summed E-state index contributed by atoms with van der Waals surface area (Å²) >= 11 is 6.15. The van der Waals surface area contributed by atoms with Gasteiger partial charge in [0, 0.05) is 30.1 Å². The van der Waals surface area contributed by atoms with Crippen molar-refractivity contribution in [1.82, 2.24) is 10.6 Å². The molecule has 1 fully saturated rings. The van der Waals surface area contributed by atoms with Crippen LogP contribution in [0.25, 0.3) is 0 Å². The maximum Gasteiger partial charge on any atom is 0.416 e. The van der Waals surface area contributed by atoms with Crippen LogP contribution < -0.4 is 10.6 Å². The normalized spacial score (nSPS) is 20.1. The van der Waals surface area contributed by atoms with E-state index >= 15 is 0 Å². The summed E-state index contributed by atoms with van der Waals surface area (Å²) in [5.41, 5.74) is -0.390. The molecule has 1 aromatic carbocycles. The number of halogens is 4. The molecule has 0 spiro atoms. The molecule has 0 unspecified atom stereocenters. The summed E-state index contributed by atoms with van der Waals surface area (Å²) in [6.07, 6.45) is -1.70. The Bertz CT molecular complexity index is 594. The topological polar surface area (TPSA) is 36.4 Å². The average molecular weight is 332 g/mol. The molecule has 22 heavy (non-hydrogen) atoms. The van der Waals surface area contributed by atoms with E-state index < -0.39 is 11.7 Å². The Morgan fingerprint density at radius 2 is 2.09 bits per heavy atom. The number of alkyl halides is 3. The van der Waals surface area contributed by atoms with Gasteiger partial charge < -0.3 is 10.6 Å². The minimum atomic E-state index is -4.35. The molecule has 1 aromatic rings. The summed E-state index contributed by atoms with van der Waals surface area (Å²) in [5.74, 6) is 0.723. The molecule has 1 heterocycles. The summed E-state index contributed by atoms with van der Waals surface area (Å²) in [6.45, 7) is 2.18. The first kappa shape index (κ1) is 15.5. The van der Waals surface area contributed by atoms with E-state index in [0.717, 1.165) is 44.4 Å². The first-order chi connectivity index (χ1) is 10.4. The van der Waals surface area contributed by atoms with Gasteiger partial charge in [-0.1, -0.05) is 11.6 Å². The fraction of sp³-hybridized carbons (Fsp3) is 0.533. The van der Waals surface area contributed by atoms with Gasteiger partial charge in [0.05, 0.1) is 5.56 Å². The molecule has 120 valence electrons. The molecule has 0 amide bonds. The Hall–Kier alpha value is -1.43. The summed E-state index contributed by atoms with van der Waals surface area (Å²) in [7, 11) is 0. The number of nitrogens with one attached hydrogen (secondary N) is 2. The number of aliphatic imine (C=N–C) groups is 1. The SMILES string of the molecule is FC(F)(F)c1ccc(Cl)c(C2(CNC3=NCCCN3)CC2)c1. The average Bonchev–Trinajstić information content (AvgIpc) is 3.26. The molecule has 2 N–H and O–H groups in total. The lowest BCUT2D eigenvalue weighted by atomic mass is 9.94. The van der Waals surface area contributed by atoms with Gasteiger partial charge in [0.25, 0.3) is 0 Å². The third-order valence-electron chi connectivity index (χ3n) is 4.21. The smallest absolute Gasteiger partial charge is 0.356 e. The molecule has 7 heteroatoms. The van der Waals surface area contributed by atoms with Gasteiger partial charge in [0.15, 0.2) is 5.96 Å². The minimum absolute atomic E-state index is 0.319. The van der Waals surface area contributed by atoms with Gasteiger partial charge in [-0.2, -0.15) is 13.2 Å². The van der Waals surface area contributed by atoms with Crippen LogP contribution in [0.5, 0.6) is 0 Å². The van der Waals surface area contributed by atoms with Crippen molar-refractivity contribution in [1.29, 1.82) is 0 Å². The molecule has 0 saturated heterocycles. The number of benzene rings is 1. The highest BCUT2D eigenvalue weighted by Gasteiger charge is 2.46. The van der Waals surface area contributed by atoms with E-state index in [1.54, 1.807) is 0 Å². The largest absolute Gasteiger partial charge is 0.416 e. The van der Waals surface area contributed by atoms with E-state index in [1.807, 2.05) is 0 Å². The van der Waals surface area contributed by atoms with Crippen molar-refractivity contribution in [2.75, 3.05) is 19.6 Å². The maximum absolute atomic E-state index is 12.9. The molecule has 0 bridgehead atoms. The van der Waals surface area contributed by atoms with Crippen molar-refractivity contribution in [2.24, 2.45) is 4.99 Å². The number of rotatable bonds is 3. The lowest BCUT2D eigenvalue weighted by Crippen LogP contribution is -2.43. The van der Waals surface area contributed by atoms with Gasteiger partial charge >= 0.3 is 6.18 Å². The Morgan fingerprint density at radius 3 is 2.68 bits per heavy atom. The molecule has 1 saturated carbocycles. The monoisotopic (exact) mass is 331 g/mol. The number of guanidine groups is 1. The highest BCUT2D eigenvalue weighted by atomic mass is 35.5. The molecular formula is C15H17ClF3N3. The standard InChI is InChI=1S/C15H17ClF3N3/c16-12-3-2-10(15(17,18)19)8-11(12)14(4-5-14)9-22-13-20-6-1-7-21-13/h2-3,8H,1,4-7,9H2,(H2,20,21,22). The zero-order valence-electron chi connectivity index (χ0n) is 11.9. The molecule has 2 aliphatic rings. The van der Waals surface area contributed by atoms with E-state index in [0.29, 0.717) is 17.1 Å². The summed E-state index contributed by atoms with van der Waals surface area (Å²) < 4.78 is 38.7. The number of nitrogens with zero attached hydrogens (tertiary/aromatic N) is 1. The van der Waals surface area contributed by atoms with E-state index in [-0.39, 0.29) is 5.41 Å². The van der Waals surface area contributed by atoms with Gasteiger partial charge in [-0.05, 0) is 43.0 Å². The highest BCUT2D eigenvalue weighted by molar-refractivity contribution is 6.31. The third kappa shape index (κ3) is 3.16. The Kier molecular flexibility index (Phi) is 3.97. The predicted octanol–water partition coefficient (Wildman–Crippen LogP) is 3.33. The zero-order chi connectivity index (χ0) is 15.8. The van der Waals surface area contributed by atoms with E-state index in [2.05, 4.69) is 15.6 Å². The molecular weight excluding hydrogens is 315 g/mol. The lowest BCUT2D eigenvalue weighted by molar-refractivity contribution is -0.137. The molecule has 0 aromatic heterocycles. The van der Waals surface area contributed by atoms with Crippen LogP contribution in [0.1, 0.15) is 30.4 Å². The van der Waals surface area contributed by atoms with Crippen LogP contribution in [0.2, 0.25) is 5.02 Å². The Balaban J connectivity index is 1.79. The van der Waals surface area contributed by atoms with Crippen molar-refractivity contribution in [3.8, 4) is 0 Å². The second kappa shape index (κ2) is 5.65. The van der Waals surface area contributed by atoms with Crippen molar-refractivity contribution in [3.05, 3.63) is 34.3 Å². The first-order valence-electron chi connectivity index (χ1n) is 7.30. The van der Waals surface area contributed by atoms with Gasteiger partial charge in [-0.15, -0.1) is 0 Å². The second-order valence-corrected chi connectivity index (χ2v) is 6.24. The highest BCUT2D eigenvalue weighted by Crippen LogP contribution is 2.51. The molecule has 0 atom stereocenters. The van der Waals surface area contributed by atoms with Crippen molar-refractivity contribution >= 4 is 17.6 Å². The van der Waals surface area contributed by atoms with Gasteiger partial charge in [0.2, 0.25) is 0 Å². The summed E-state index contributed by atoms with van der Waals surface area (Å²) in [5, 5.41) is 6.75. The van der Waals surface area contributed by atoms with Crippen LogP contribution in [0.4, 0.5) is 13.2 Å². The molecule has 1 aliphatic carbocycles. The van der Waals surface area contributed by atoms with Crippen LogP contribution in [0.15, 0.2) is 23.2 Å².